The highest BCUT2D eigenvalue weighted by Crippen LogP contribution is 2.12. The molecule has 0 saturated carbocycles. The molecule has 1 atom stereocenters. The number of amides is 1. The molecule has 0 aromatic carbocycles. The molecule has 0 spiro atoms. The van der Waals surface area contributed by atoms with Crippen LogP contribution >= 0.6 is 0 Å². The Kier molecular flexibility index (Phi) is 4.39. The number of piperidine rings is 1. The Morgan fingerprint density at radius 2 is 1.79 bits per heavy atom. The third-order valence-corrected chi connectivity index (χ3v) is 2.91. The second-order valence-electron chi connectivity index (χ2n) is 4.40. The summed E-state index contributed by atoms with van der Waals surface area (Å²) < 4.78 is 0. The largest absolute Gasteiger partial charge is 0.341 e. The van der Waals surface area contributed by atoms with Gasteiger partial charge in [-0.3, -0.25) is 4.79 Å². The minimum Gasteiger partial charge on any atom is -0.341 e. The molecule has 0 radical (unpaired) electrons. The van der Waals surface area contributed by atoms with E-state index in [0.717, 1.165) is 13.1 Å². The smallest absolute Gasteiger partial charge is 0.239 e. The highest BCUT2D eigenvalue weighted by Gasteiger charge is 2.26. The first-order valence-electron chi connectivity index (χ1n) is 5.63. The topological polar surface area (TPSA) is 32.3 Å². The van der Waals surface area contributed by atoms with Crippen LogP contribution in [0.25, 0.3) is 0 Å². The second kappa shape index (κ2) is 5.35. The predicted octanol–water partition coefficient (Wildman–Crippen LogP) is 1.24. The lowest BCUT2D eigenvalue weighted by Crippen LogP contribution is -2.49. The number of likely N-dealkylation sites (tertiary alicyclic amines) is 1. The lowest BCUT2D eigenvalue weighted by Gasteiger charge is -2.31. The maximum Gasteiger partial charge on any atom is 0.239 e. The molecule has 1 fully saturated rings. The van der Waals surface area contributed by atoms with Crippen LogP contribution in [0.2, 0.25) is 0 Å². The van der Waals surface area contributed by atoms with Crippen molar-refractivity contribution in [3.8, 4) is 0 Å². The van der Waals surface area contributed by atoms with E-state index in [4.69, 9.17) is 0 Å². The van der Waals surface area contributed by atoms with Crippen LogP contribution in [0.15, 0.2) is 0 Å². The average molecular weight is 198 g/mol. The van der Waals surface area contributed by atoms with E-state index in [0.29, 0.717) is 5.92 Å². The summed E-state index contributed by atoms with van der Waals surface area (Å²) in [5.41, 5.74) is 0. The van der Waals surface area contributed by atoms with Gasteiger partial charge in [-0.15, -0.1) is 0 Å². The zero-order valence-corrected chi connectivity index (χ0v) is 9.55. The fraction of sp³-hybridized carbons (Fsp3) is 0.909. The van der Waals surface area contributed by atoms with Crippen LogP contribution in [0.3, 0.4) is 0 Å². The van der Waals surface area contributed by atoms with E-state index in [2.05, 4.69) is 19.2 Å². The monoisotopic (exact) mass is 198 g/mol. The number of rotatable bonds is 3. The van der Waals surface area contributed by atoms with Crippen molar-refractivity contribution in [2.75, 3.05) is 20.1 Å². The minimum absolute atomic E-state index is 0.00639. The molecule has 0 aromatic heterocycles. The Hall–Kier alpha value is -0.570. The van der Waals surface area contributed by atoms with Gasteiger partial charge < -0.3 is 10.2 Å². The number of carbonyl (C=O) groups excluding carboxylic acids is 1. The average Bonchev–Trinajstić information content (AvgIpc) is 2.19. The number of hydrogen-bond acceptors (Lipinski definition) is 2. The van der Waals surface area contributed by atoms with E-state index < -0.39 is 0 Å². The predicted molar refractivity (Wildman–Crippen MR) is 58.1 cm³/mol. The third-order valence-electron chi connectivity index (χ3n) is 2.91. The highest BCUT2D eigenvalue weighted by molar-refractivity contribution is 5.82. The number of carbonyl (C=O) groups is 1. The molecule has 0 unspecified atom stereocenters. The standard InChI is InChI=1S/C11H22N2O/c1-9(2)10(12-3)11(14)13-7-5-4-6-8-13/h9-10,12H,4-8H2,1-3H3/t10-/m0/s1. The van der Waals surface area contributed by atoms with Gasteiger partial charge in [0.05, 0.1) is 6.04 Å². The molecule has 1 saturated heterocycles. The van der Waals surface area contributed by atoms with Crippen LogP contribution in [-0.4, -0.2) is 37.0 Å². The van der Waals surface area contributed by atoms with Gasteiger partial charge in [0, 0.05) is 13.1 Å². The molecule has 3 nitrogen and oxygen atoms in total. The van der Waals surface area contributed by atoms with Crippen molar-refractivity contribution in [1.82, 2.24) is 10.2 Å². The summed E-state index contributed by atoms with van der Waals surface area (Å²) in [4.78, 5) is 14.0. The summed E-state index contributed by atoms with van der Waals surface area (Å²) in [7, 11) is 1.87. The molecular weight excluding hydrogens is 176 g/mol. The Balaban J connectivity index is 2.52. The molecule has 0 aliphatic carbocycles. The van der Waals surface area contributed by atoms with Gasteiger partial charge in [0.2, 0.25) is 5.91 Å². The zero-order chi connectivity index (χ0) is 10.6. The van der Waals surface area contributed by atoms with E-state index in [1.165, 1.54) is 19.3 Å². The van der Waals surface area contributed by atoms with Crippen LogP contribution in [-0.2, 0) is 4.79 Å². The van der Waals surface area contributed by atoms with Gasteiger partial charge in [0.1, 0.15) is 0 Å². The van der Waals surface area contributed by atoms with Crippen molar-refractivity contribution in [1.29, 1.82) is 0 Å². The van der Waals surface area contributed by atoms with Crippen LogP contribution in [0.5, 0.6) is 0 Å². The third kappa shape index (κ3) is 2.71. The molecule has 1 rings (SSSR count). The van der Waals surface area contributed by atoms with E-state index in [9.17, 15) is 4.79 Å². The lowest BCUT2D eigenvalue weighted by molar-refractivity contribution is -0.135. The first kappa shape index (κ1) is 11.5. The number of nitrogens with zero attached hydrogens (tertiary/aromatic N) is 1. The van der Waals surface area contributed by atoms with Crippen molar-refractivity contribution < 1.29 is 4.79 Å². The molecule has 82 valence electrons. The summed E-state index contributed by atoms with van der Waals surface area (Å²) in [6, 6.07) is -0.00639. The fourth-order valence-corrected chi connectivity index (χ4v) is 2.05. The van der Waals surface area contributed by atoms with Crippen molar-refractivity contribution >= 4 is 5.91 Å². The van der Waals surface area contributed by atoms with E-state index in [-0.39, 0.29) is 11.9 Å². The first-order chi connectivity index (χ1) is 6.66. The molecular formula is C11H22N2O. The Bertz CT molecular complexity index is 186. The van der Waals surface area contributed by atoms with Crippen molar-refractivity contribution in [3.63, 3.8) is 0 Å². The van der Waals surface area contributed by atoms with Crippen molar-refractivity contribution in [2.45, 2.75) is 39.2 Å². The molecule has 1 amide bonds. The van der Waals surface area contributed by atoms with Gasteiger partial charge in [-0.05, 0) is 32.2 Å². The van der Waals surface area contributed by atoms with Gasteiger partial charge in [-0.1, -0.05) is 13.8 Å². The zero-order valence-electron chi connectivity index (χ0n) is 9.55. The Morgan fingerprint density at radius 3 is 2.21 bits per heavy atom. The molecule has 3 heteroatoms. The number of nitrogens with one attached hydrogen (secondary N) is 1. The van der Waals surface area contributed by atoms with Crippen molar-refractivity contribution in [2.24, 2.45) is 5.92 Å². The quantitative estimate of drug-likeness (QED) is 0.740. The van der Waals surface area contributed by atoms with E-state index >= 15 is 0 Å². The van der Waals surface area contributed by atoms with E-state index in [1.54, 1.807) is 0 Å². The summed E-state index contributed by atoms with van der Waals surface area (Å²) >= 11 is 0. The number of hydrogen-bond donors (Lipinski definition) is 1. The molecule has 14 heavy (non-hydrogen) atoms. The fourth-order valence-electron chi connectivity index (χ4n) is 2.05. The van der Waals surface area contributed by atoms with Crippen molar-refractivity contribution in [3.05, 3.63) is 0 Å². The first-order valence-corrected chi connectivity index (χ1v) is 5.63. The molecule has 0 bridgehead atoms. The highest BCUT2D eigenvalue weighted by atomic mass is 16.2. The van der Waals surface area contributed by atoms with Crippen LogP contribution in [0.1, 0.15) is 33.1 Å². The molecule has 1 aliphatic rings. The van der Waals surface area contributed by atoms with Gasteiger partial charge in [0.15, 0.2) is 0 Å². The Labute approximate surface area is 86.9 Å². The van der Waals surface area contributed by atoms with E-state index in [1.807, 2.05) is 11.9 Å². The van der Waals surface area contributed by atoms with Crippen LogP contribution in [0, 0.1) is 5.92 Å². The number of likely N-dealkylation sites (N-methyl/N-ethyl adjacent to an activating group) is 1. The second-order valence-corrected chi connectivity index (χ2v) is 4.40. The normalized spacial score (nSPS) is 19.9. The van der Waals surface area contributed by atoms with Crippen LogP contribution in [0.4, 0.5) is 0 Å². The summed E-state index contributed by atoms with van der Waals surface area (Å²) in [5.74, 6) is 0.650. The maximum absolute atomic E-state index is 12.0. The van der Waals surface area contributed by atoms with Gasteiger partial charge in [-0.2, -0.15) is 0 Å². The van der Waals surface area contributed by atoms with Gasteiger partial charge >= 0.3 is 0 Å². The molecule has 1 N–H and O–H groups in total. The summed E-state index contributed by atoms with van der Waals surface area (Å²) in [5, 5.41) is 3.11. The maximum atomic E-state index is 12.0. The summed E-state index contributed by atoms with van der Waals surface area (Å²) in [6.45, 7) is 6.07. The van der Waals surface area contributed by atoms with Crippen LogP contribution < -0.4 is 5.32 Å². The lowest BCUT2D eigenvalue weighted by atomic mass is 10.0. The molecule has 0 aromatic rings. The summed E-state index contributed by atoms with van der Waals surface area (Å²) in [6.07, 6.45) is 3.61. The minimum atomic E-state index is -0.00639. The Morgan fingerprint density at radius 1 is 1.21 bits per heavy atom. The molecule has 1 heterocycles. The van der Waals surface area contributed by atoms with Gasteiger partial charge in [0.25, 0.3) is 0 Å². The van der Waals surface area contributed by atoms with Gasteiger partial charge in [-0.25, -0.2) is 0 Å². The SMILES string of the molecule is CN[C@H](C(=O)N1CCCCC1)C(C)C. The molecule has 1 aliphatic heterocycles.